The molecule has 0 unspecified atom stereocenters. The van der Waals surface area contributed by atoms with E-state index in [2.05, 4.69) is 59.0 Å². The van der Waals surface area contributed by atoms with Crippen molar-refractivity contribution < 1.29 is 4.74 Å². The van der Waals surface area contributed by atoms with Gasteiger partial charge in [-0.3, -0.25) is 5.10 Å². The van der Waals surface area contributed by atoms with Crippen LogP contribution in [0.4, 0.5) is 0 Å². The van der Waals surface area contributed by atoms with Crippen LogP contribution in [0, 0.1) is 0 Å². The molecule has 1 aliphatic heterocycles. The molecule has 4 nitrogen and oxygen atoms in total. The minimum absolute atomic E-state index is 0.388. The summed E-state index contributed by atoms with van der Waals surface area (Å²) in [6.07, 6.45) is 10.8. The predicted molar refractivity (Wildman–Crippen MR) is 109 cm³/mol. The first-order valence-corrected chi connectivity index (χ1v) is 10.8. The number of hydrogen-bond acceptors (Lipinski definition) is 3. The third-order valence-corrected chi connectivity index (χ3v) is 6.53. The van der Waals surface area contributed by atoms with E-state index in [9.17, 15) is 0 Å². The quantitative estimate of drug-likeness (QED) is 0.787. The first kappa shape index (κ1) is 18.7. The van der Waals surface area contributed by atoms with Crippen molar-refractivity contribution in [2.45, 2.75) is 75.9 Å². The normalized spacial score (nSPS) is 28.9. The fourth-order valence-corrected chi connectivity index (χ4v) is 4.91. The largest absolute Gasteiger partial charge is 0.377 e. The lowest BCUT2D eigenvalue weighted by molar-refractivity contribution is 0.00540. The molecule has 0 spiro atoms. The monoisotopic (exact) mass is 367 g/mol. The van der Waals surface area contributed by atoms with Gasteiger partial charge >= 0.3 is 0 Å². The van der Waals surface area contributed by atoms with Crippen molar-refractivity contribution in [3.63, 3.8) is 0 Å². The van der Waals surface area contributed by atoms with Crippen LogP contribution in [0.2, 0.25) is 0 Å². The number of nitrogens with zero attached hydrogens (tertiary/aromatic N) is 1. The maximum Gasteiger partial charge on any atom is 0.0701 e. The Bertz CT molecular complexity index is 691. The number of ether oxygens (including phenoxy) is 1. The van der Waals surface area contributed by atoms with E-state index in [1.54, 1.807) is 0 Å². The summed E-state index contributed by atoms with van der Waals surface area (Å²) in [5.41, 5.74) is 4.11. The predicted octanol–water partition coefficient (Wildman–Crippen LogP) is 4.55. The van der Waals surface area contributed by atoms with Gasteiger partial charge in [-0.25, -0.2) is 0 Å². The Morgan fingerprint density at radius 3 is 2.67 bits per heavy atom. The summed E-state index contributed by atoms with van der Waals surface area (Å²) < 4.78 is 6.41. The van der Waals surface area contributed by atoms with Crippen molar-refractivity contribution in [3.8, 4) is 0 Å². The SMILES string of the molecule is CCc1c[nH]nc1[C@H]1CCCN[C@H]1CO[C@H]1CC[C@@H](c2ccccc2)CC1. The van der Waals surface area contributed by atoms with E-state index in [0.717, 1.165) is 19.6 Å². The van der Waals surface area contributed by atoms with Gasteiger partial charge in [0.15, 0.2) is 0 Å². The molecule has 2 aliphatic rings. The molecular weight excluding hydrogens is 334 g/mol. The highest BCUT2D eigenvalue weighted by Gasteiger charge is 2.31. The molecule has 1 aliphatic carbocycles. The minimum atomic E-state index is 0.388. The van der Waals surface area contributed by atoms with E-state index in [0.29, 0.717) is 24.0 Å². The van der Waals surface area contributed by atoms with Crippen molar-refractivity contribution in [1.29, 1.82) is 0 Å². The second kappa shape index (κ2) is 9.03. The summed E-state index contributed by atoms with van der Waals surface area (Å²) in [7, 11) is 0. The topological polar surface area (TPSA) is 49.9 Å². The van der Waals surface area contributed by atoms with Crippen LogP contribution in [0.25, 0.3) is 0 Å². The smallest absolute Gasteiger partial charge is 0.0701 e. The van der Waals surface area contributed by atoms with Gasteiger partial charge in [0.05, 0.1) is 18.4 Å². The lowest BCUT2D eigenvalue weighted by Crippen LogP contribution is -2.44. The summed E-state index contributed by atoms with van der Waals surface area (Å²) >= 11 is 0. The first-order valence-electron chi connectivity index (χ1n) is 10.8. The fourth-order valence-electron chi connectivity index (χ4n) is 4.91. The number of aromatic amines is 1. The number of piperidine rings is 1. The van der Waals surface area contributed by atoms with E-state index >= 15 is 0 Å². The Kier molecular flexibility index (Phi) is 6.25. The number of hydrogen-bond donors (Lipinski definition) is 2. The fraction of sp³-hybridized carbons (Fsp3) is 0.609. The van der Waals surface area contributed by atoms with Crippen LogP contribution < -0.4 is 5.32 Å². The zero-order valence-corrected chi connectivity index (χ0v) is 16.5. The standard InChI is InChI=1S/C23H33N3O/c1-2-17-15-25-26-23(17)21-9-6-14-24-22(21)16-27-20-12-10-19(11-13-20)18-7-4-3-5-8-18/h3-5,7-8,15,19-22,24H,2,6,9-14,16H2,1H3,(H,25,26)/t19-,20+,21-,22-/m0/s1. The zero-order valence-electron chi connectivity index (χ0n) is 16.5. The molecule has 0 amide bonds. The van der Waals surface area contributed by atoms with Crippen LogP contribution in [-0.2, 0) is 11.2 Å². The van der Waals surface area contributed by atoms with Gasteiger partial charge in [0.1, 0.15) is 0 Å². The van der Waals surface area contributed by atoms with E-state index in [1.807, 2.05) is 0 Å². The maximum atomic E-state index is 6.41. The van der Waals surface area contributed by atoms with Crippen LogP contribution in [0.5, 0.6) is 0 Å². The third kappa shape index (κ3) is 4.44. The second-order valence-corrected chi connectivity index (χ2v) is 8.18. The average molecular weight is 368 g/mol. The van der Waals surface area contributed by atoms with Crippen molar-refractivity contribution in [3.05, 3.63) is 53.3 Å². The zero-order chi connectivity index (χ0) is 18.5. The molecule has 0 radical (unpaired) electrons. The highest BCUT2D eigenvalue weighted by atomic mass is 16.5. The van der Waals surface area contributed by atoms with Gasteiger partial charge in [-0.2, -0.15) is 5.10 Å². The summed E-state index contributed by atoms with van der Waals surface area (Å²) in [5.74, 6) is 1.18. The number of H-pyrrole nitrogens is 1. The van der Waals surface area contributed by atoms with Crippen LogP contribution in [0.1, 0.15) is 74.1 Å². The maximum absolute atomic E-state index is 6.41. The number of benzene rings is 1. The average Bonchev–Trinajstić information content (AvgIpc) is 3.22. The Morgan fingerprint density at radius 1 is 1.07 bits per heavy atom. The molecule has 2 atom stereocenters. The summed E-state index contributed by atoms with van der Waals surface area (Å²) in [6, 6.07) is 11.4. The van der Waals surface area contributed by atoms with Gasteiger partial charge in [0.25, 0.3) is 0 Å². The summed E-state index contributed by atoms with van der Waals surface area (Å²) in [4.78, 5) is 0. The molecule has 4 heteroatoms. The number of nitrogens with one attached hydrogen (secondary N) is 2. The highest BCUT2D eigenvalue weighted by molar-refractivity contribution is 5.23. The Hall–Kier alpha value is -1.65. The molecule has 4 rings (SSSR count). The van der Waals surface area contributed by atoms with Crippen LogP contribution in [0.3, 0.4) is 0 Å². The lowest BCUT2D eigenvalue weighted by Gasteiger charge is -2.35. The van der Waals surface area contributed by atoms with Crippen LogP contribution >= 0.6 is 0 Å². The Morgan fingerprint density at radius 2 is 1.89 bits per heavy atom. The van der Waals surface area contributed by atoms with Gasteiger partial charge in [0, 0.05) is 18.2 Å². The van der Waals surface area contributed by atoms with Gasteiger partial charge < -0.3 is 10.1 Å². The molecular formula is C23H33N3O. The number of aromatic nitrogens is 2. The van der Waals surface area contributed by atoms with Crippen molar-refractivity contribution in [2.75, 3.05) is 13.2 Å². The summed E-state index contributed by atoms with van der Waals surface area (Å²) in [6.45, 7) is 4.11. The first-order chi connectivity index (χ1) is 13.3. The van der Waals surface area contributed by atoms with E-state index < -0.39 is 0 Å². The molecule has 1 aromatic heterocycles. The summed E-state index contributed by atoms with van der Waals surface area (Å²) in [5, 5.41) is 11.4. The van der Waals surface area contributed by atoms with E-state index in [4.69, 9.17) is 4.74 Å². The van der Waals surface area contributed by atoms with Crippen LogP contribution in [0.15, 0.2) is 36.5 Å². The van der Waals surface area contributed by atoms with Crippen molar-refractivity contribution in [1.82, 2.24) is 15.5 Å². The molecule has 2 fully saturated rings. The molecule has 0 bridgehead atoms. The lowest BCUT2D eigenvalue weighted by atomic mass is 9.82. The van der Waals surface area contributed by atoms with Gasteiger partial charge in [-0.05, 0) is 68.5 Å². The highest BCUT2D eigenvalue weighted by Crippen LogP contribution is 2.35. The van der Waals surface area contributed by atoms with Crippen LogP contribution in [-0.4, -0.2) is 35.5 Å². The molecule has 2 aromatic rings. The Labute approximate surface area is 163 Å². The van der Waals surface area contributed by atoms with Crippen molar-refractivity contribution in [2.24, 2.45) is 0 Å². The van der Waals surface area contributed by atoms with Gasteiger partial charge in [-0.15, -0.1) is 0 Å². The van der Waals surface area contributed by atoms with E-state index in [1.165, 1.54) is 55.3 Å². The minimum Gasteiger partial charge on any atom is -0.377 e. The molecule has 2 N–H and O–H groups in total. The number of rotatable bonds is 6. The molecule has 27 heavy (non-hydrogen) atoms. The molecule has 1 saturated carbocycles. The Balaban J connectivity index is 1.30. The molecule has 2 heterocycles. The second-order valence-electron chi connectivity index (χ2n) is 8.18. The number of aryl methyl sites for hydroxylation is 1. The van der Waals surface area contributed by atoms with Gasteiger partial charge in [0.2, 0.25) is 0 Å². The van der Waals surface area contributed by atoms with Gasteiger partial charge in [-0.1, -0.05) is 37.3 Å². The molecule has 146 valence electrons. The molecule has 1 aromatic carbocycles. The van der Waals surface area contributed by atoms with E-state index in [-0.39, 0.29) is 0 Å². The third-order valence-electron chi connectivity index (χ3n) is 6.53. The molecule has 1 saturated heterocycles. The van der Waals surface area contributed by atoms with Crippen molar-refractivity contribution >= 4 is 0 Å².